The minimum atomic E-state index is -0.902. The molecule has 0 aliphatic carbocycles. The third-order valence-corrected chi connectivity index (χ3v) is 6.42. The molecule has 0 atom stereocenters. The van der Waals surface area contributed by atoms with E-state index in [9.17, 15) is 14.4 Å². The first-order valence-corrected chi connectivity index (χ1v) is 10.1. The molecule has 3 heterocycles. The molecule has 1 amide bonds. The minimum Gasteiger partial charge on any atom is -0.481 e. The van der Waals surface area contributed by atoms with Crippen molar-refractivity contribution >= 4 is 33.4 Å². The summed E-state index contributed by atoms with van der Waals surface area (Å²) in [6.07, 6.45) is 4.20. The Kier molecular flexibility index (Phi) is 5.37. The van der Waals surface area contributed by atoms with E-state index in [1.54, 1.807) is 25.3 Å². The summed E-state index contributed by atoms with van der Waals surface area (Å²) in [5, 5.41) is 12.5. The Balaban J connectivity index is 1.86. The number of carboxylic acids is 1. The van der Waals surface area contributed by atoms with Gasteiger partial charge in [0, 0.05) is 19.5 Å². The number of hydrogen-bond donors (Lipinski definition) is 2. The molecule has 8 heteroatoms. The Morgan fingerprint density at radius 3 is 2.74 bits per heavy atom. The molecule has 2 N–H and O–H groups in total. The highest BCUT2D eigenvalue weighted by Crippen LogP contribution is 2.28. The number of carbonyl (C=O) groups excluding carboxylic acids is 1. The molecule has 0 saturated carbocycles. The number of amides is 1. The molecule has 7 nitrogen and oxygen atoms in total. The number of thiophene rings is 1. The predicted octanol–water partition coefficient (Wildman–Crippen LogP) is 2.72. The Morgan fingerprint density at radius 2 is 2.04 bits per heavy atom. The minimum absolute atomic E-state index is 0.0586. The van der Waals surface area contributed by atoms with E-state index in [0.29, 0.717) is 33.6 Å². The van der Waals surface area contributed by atoms with Crippen molar-refractivity contribution in [3.8, 4) is 0 Å². The molecule has 1 aliphatic rings. The highest BCUT2D eigenvalue weighted by molar-refractivity contribution is 7.20. The quantitative estimate of drug-likeness (QED) is 0.816. The van der Waals surface area contributed by atoms with E-state index in [1.807, 2.05) is 0 Å². The molecule has 3 rings (SSSR count). The summed E-state index contributed by atoms with van der Waals surface area (Å²) in [5.41, 5.74) is -0.306. The topological polar surface area (TPSA) is 101 Å². The summed E-state index contributed by atoms with van der Waals surface area (Å²) >= 11 is 1.24. The molecule has 0 saturated heterocycles. The molecule has 2 aromatic rings. The van der Waals surface area contributed by atoms with Gasteiger partial charge in [-0.05, 0) is 45.6 Å². The smallest absolute Gasteiger partial charge is 0.309 e. The summed E-state index contributed by atoms with van der Waals surface area (Å²) in [4.78, 5) is 42.5. The number of rotatable bonds is 5. The molecular weight excluding hydrogens is 366 g/mol. The van der Waals surface area contributed by atoms with Crippen molar-refractivity contribution in [2.45, 2.75) is 59.4 Å². The maximum absolute atomic E-state index is 12.9. The van der Waals surface area contributed by atoms with Gasteiger partial charge in [-0.15, -0.1) is 11.3 Å². The van der Waals surface area contributed by atoms with Crippen LogP contribution in [0.25, 0.3) is 10.2 Å². The third kappa shape index (κ3) is 3.76. The highest BCUT2D eigenvalue weighted by atomic mass is 32.1. The van der Waals surface area contributed by atoms with Crippen molar-refractivity contribution in [3.05, 3.63) is 26.6 Å². The van der Waals surface area contributed by atoms with E-state index in [0.717, 1.165) is 31.5 Å². The number of hydrogen-bond acceptors (Lipinski definition) is 5. The Morgan fingerprint density at radius 1 is 1.30 bits per heavy atom. The van der Waals surface area contributed by atoms with Gasteiger partial charge in [0.1, 0.15) is 10.7 Å². The number of aromatic nitrogens is 2. The maximum atomic E-state index is 12.9. The Bertz CT molecular complexity index is 958. The van der Waals surface area contributed by atoms with Gasteiger partial charge in [-0.1, -0.05) is 6.42 Å². The highest BCUT2D eigenvalue weighted by Gasteiger charge is 2.27. The second-order valence-electron chi connectivity index (χ2n) is 7.73. The Labute approximate surface area is 161 Å². The standard InChI is InChI=1S/C19H25N3O4S/c1-11-13-16(21-12-7-5-4-6-10-22(12)17(13)24)27-14(11)15(23)20-9-8-19(2,3)18(25)26/h4-10H2,1-3H3,(H,20,23)(H,25,26). The van der Waals surface area contributed by atoms with Crippen molar-refractivity contribution in [1.82, 2.24) is 14.9 Å². The Hall–Kier alpha value is -2.22. The van der Waals surface area contributed by atoms with Crippen LogP contribution in [-0.2, 0) is 17.8 Å². The molecule has 27 heavy (non-hydrogen) atoms. The van der Waals surface area contributed by atoms with Gasteiger partial charge in [-0.25, -0.2) is 4.98 Å². The average Bonchev–Trinajstić information content (AvgIpc) is 2.78. The van der Waals surface area contributed by atoms with Gasteiger partial charge in [0.2, 0.25) is 0 Å². The van der Waals surface area contributed by atoms with Crippen LogP contribution in [0.4, 0.5) is 0 Å². The van der Waals surface area contributed by atoms with Gasteiger partial charge in [0.15, 0.2) is 0 Å². The van der Waals surface area contributed by atoms with Gasteiger partial charge in [0.25, 0.3) is 11.5 Å². The lowest BCUT2D eigenvalue weighted by molar-refractivity contribution is -0.147. The van der Waals surface area contributed by atoms with Crippen LogP contribution < -0.4 is 10.9 Å². The monoisotopic (exact) mass is 391 g/mol. The van der Waals surface area contributed by atoms with E-state index in [1.165, 1.54) is 11.3 Å². The molecular formula is C19H25N3O4S. The summed E-state index contributed by atoms with van der Waals surface area (Å²) < 4.78 is 1.76. The average molecular weight is 391 g/mol. The predicted molar refractivity (Wildman–Crippen MR) is 105 cm³/mol. The molecule has 0 fully saturated rings. The number of nitrogens with one attached hydrogen (secondary N) is 1. The van der Waals surface area contributed by atoms with Gasteiger partial charge in [0.05, 0.1) is 15.7 Å². The van der Waals surface area contributed by atoms with Gasteiger partial charge >= 0.3 is 5.97 Å². The summed E-state index contributed by atoms with van der Waals surface area (Å²) in [5.74, 6) is -0.369. The van der Waals surface area contributed by atoms with Gasteiger partial charge < -0.3 is 10.4 Å². The van der Waals surface area contributed by atoms with Crippen molar-refractivity contribution in [1.29, 1.82) is 0 Å². The molecule has 0 bridgehead atoms. The fourth-order valence-corrected chi connectivity index (χ4v) is 4.41. The normalized spacial score (nSPS) is 14.6. The molecule has 146 valence electrons. The lowest BCUT2D eigenvalue weighted by Crippen LogP contribution is -2.31. The van der Waals surface area contributed by atoms with Crippen molar-refractivity contribution in [3.63, 3.8) is 0 Å². The van der Waals surface area contributed by atoms with Crippen molar-refractivity contribution < 1.29 is 14.7 Å². The molecule has 0 aromatic carbocycles. The van der Waals surface area contributed by atoms with Crippen molar-refractivity contribution in [2.75, 3.05) is 6.54 Å². The largest absolute Gasteiger partial charge is 0.481 e. The van der Waals surface area contributed by atoms with E-state index >= 15 is 0 Å². The number of aryl methyl sites for hydroxylation is 2. The van der Waals surface area contributed by atoms with E-state index in [-0.39, 0.29) is 18.0 Å². The second-order valence-corrected chi connectivity index (χ2v) is 8.73. The fraction of sp³-hybridized carbons (Fsp3) is 0.579. The summed E-state index contributed by atoms with van der Waals surface area (Å²) in [6, 6.07) is 0. The number of fused-ring (bicyclic) bond motifs is 2. The molecule has 1 aliphatic heterocycles. The number of carboxylic acid groups (broad SMARTS) is 1. The van der Waals surface area contributed by atoms with Crippen LogP contribution in [0.3, 0.4) is 0 Å². The molecule has 2 aromatic heterocycles. The maximum Gasteiger partial charge on any atom is 0.309 e. The van der Waals surface area contributed by atoms with Gasteiger partial charge in [-0.2, -0.15) is 0 Å². The first-order valence-electron chi connectivity index (χ1n) is 9.27. The number of nitrogens with zero attached hydrogens (tertiary/aromatic N) is 2. The zero-order valence-corrected chi connectivity index (χ0v) is 16.7. The van der Waals surface area contributed by atoms with Crippen LogP contribution in [0.5, 0.6) is 0 Å². The van der Waals surface area contributed by atoms with Crippen LogP contribution in [0, 0.1) is 12.3 Å². The van der Waals surface area contributed by atoms with Crippen LogP contribution in [0.15, 0.2) is 4.79 Å². The van der Waals surface area contributed by atoms with Crippen LogP contribution in [0.2, 0.25) is 0 Å². The number of carbonyl (C=O) groups is 2. The zero-order chi connectivity index (χ0) is 19.8. The van der Waals surface area contributed by atoms with Crippen molar-refractivity contribution in [2.24, 2.45) is 5.41 Å². The second kappa shape index (κ2) is 7.42. The van der Waals surface area contributed by atoms with Crippen LogP contribution >= 0.6 is 11.3 Å². The van der Waals surface area contributed by atoms with E-state index in [4.69, 9.17) is 5.11 Å². The molecule has 0 unspecified atom stereocenters. The summed E-state index contributed by atoms with van der Waals surface area (Å²) in [6.45, 7) is 5.98. The molecule has 0 radical (unpaired) electrons. The van der Waals surface area contributed by atoms with Crippen LogP contribution in [0.1, 0.15) is 60.6 Å². The number of aliphatic carboxylic acids is 1. The van der Waals surface area contributed by atoms with E-state index < -0.39 is 11.4 Å². The fourth-order valence-electron chi connectivity index (χ4n) is 3.30. The molecule has 0 spiro atoms. The van der Waals surface area contributed by atoms with E-state index in [2.05, 4.69) is 10.3 Å². The third-order valence-electron chi connectivity index (χ3n) is 5.23. The lowest BCUT2D eigenvalue weighted by Gasteiger charge is -2.18. The SMILES string of the molecule is Cc1c(C(=O)NCCC(C)(C)C(=O)O)sc2nc3n(c(=O)c12)CCCCC3. The first kappa shape index (κ1) is 19.5. The van der Waals surface area contributed by atoms with Crippen LogP contribution in [-0.4, -0.2) is 33.1 Å². The zero-order valence-electron chi connectivity index (χ0n) is 15.9. The first-order chi connectivity index (χ1) is 12.7. The van der Waals surface area contributed by atoms with Gasteiger partial charge in [-0.3, -0.25) is 19.0 Å². The lowest BCUT2D eigenvalue weighted by atomic mass is 9.90. The summed E-state index contributed by atoms with van der Waals surface area (Å²) in [7, 11) is 0.